The third-order valence-corrected chi connectivity index (χ3v) is 4.78. The van der Waals surface area contributed by atoms with Crippen LogP contribution in [0.25, 0.3) is 22.3 Å². The minimum atomic E-state index is -0.631. The number of aromatic amines is 2. The third-order valence-electron chi connectivity index (χ3n) is 4.78. The molecule has 0 bridgehead atoms. The summed E-state index contributed by atoms with van der Waals surface area (Å²) >= 11 is 0. The van der Waals surface area contributed by atoms with E-state index < -0.39 is 17.2 Å². The Morgan fingerprint density at radius 3 is 2.62 bits per heavy atom. The number of hydrogen-bond acceptors (Lipinski definition) is 6. The van der Waals surface area contributed by atoms with Crippen molar-refractivity contribution < 1.29 is 14.3 Å². The Labute approximate surface area is 182 Å². The van der Waals surface area contributed by atoms with Crippen LogP contribution in [-0.2, 0) is 11.3 Å². The number of amides is 2. The van der Waals surface area contributed by atoms with Crippen molar-refractivity contribution in [2.45, 2.75) is 6.54 Å². The standard InChI is InChI=1S/C22H20N6O4/c1-32-14-8-6-13(7-9-14)21-26-18(27-28-21)11-24-19(29)12-25-22(31)16-10-23-17-5-3-2-4-15(17)20(16)30/h2-10H,11-12H2,1H3,(H,23,30)(H,24,29)(H,25,31)(H,26,27,28). The van der Waals surface area contributed by atoms with Gasteiger partial charge < -0.3 is 20.4 Å². The molecule has 0 atom stereocenters. The van der Waals surface area contributed by atoms with Gasteiger partial charge >= 0.3 is 0 Å². The number of carbonyl (C=O) groups is 2. The van der Waals surface area contributed by atoms with Crippen LogP contribution in [0.15, 0.2) is 59.5 Å². The van der Waals surface area contributed by atoms with Crippen LogP contribution >= 0.6 is 0 Å². The number of aromatic nitrogens is 4. The van der Waals surface area contributed by atoms with Gasteiger partial charge in [-0.05, 0) is 36.4 Å². The molecule has 2 heterocycles. The molecule has 0 fully saturated rings. The average Bonchev–Trinajstić information content (AvgIpc) is 3.31. The highest BCUT2D eigenvalue weighted by Crippen LogP contribution is 2.18. The Morgan fingerprint density at radius 1 is 1.06 bits per heavy atom. The van der Waals surface area contributed by atoms with Crippen molar-refractivity contribution >= 4 is 22.7 Å². The van der Waals surface area contributed by atoms with Gasteiger partial charge in [0.1, 0.15) is 17.1 Å². The lowest BCUT2D eigenvalue weighted by Gasteiger charge is -2.06. The zero-order valence-corrected chi connectivity index (χ0v) is 17.1. The van der Waals surface area contributed by atoms with E-state index >= 15 is 0 Å². The van der Waals surface area contributed by atoms with Crippen molar-refractivity contribution in [3.63, 3.8) is 0 Å². The van der Waals surface area contributed by atoms with Gasteiger partial charge in [0.05, 0.1) is 20.2 Å². The summed E-state index contributed by atoms with van der Waals surface area (Å²) in [5.41, 5.74) is 0.973. The summed E-state index contributed by atoms with van der Waals surface area (Å²) in [6, 6.07) is 14.1. The second kappa shape index (κ2) is 9.13. The Morgan fingerprint density at radius 2 is 1.84 bits per heavy atom. The van der Waals surface area contributed by atoms with Gasteiger partial charge in [0.2, 0.25) is 11.3 Å². The average molecular weight is 432 g/mol. The van der Waals surface area contributed by atoms with Gasteiger partial charge in [-0.1, -0.05) is 12.1 Å². The molecule has 162 valence electrons. The van der Waals surface area contributed by atoms with Crippen LogP contribution in [0, 0.1) is 0 Å². The summed E-state index contributed by atoms with van der Waals surface area (Å²) in [6.45, 7) is -0.182. The summed E-state index contributed by atoms with van der Waals surface area (Å²) in [5, 5.41) is 12.4. The molecule has 0 aliphatic carbocycles. The van der Waals surface area contributed by atoms with E-state index in [1.165, 1.54) is 6.20 Å². The topological polar surface area (TPSA) is 142 Å². The minimum absolute atomic E-state index is 0.0594. The van der Waals surface area contributed by atoms with E-state index in [2.05, 4.69) is 30.8 Å². The molecule has 2 aromatic carbocycles. The highest BCUT2D eigenvalue weighted by molar-refractivity contribution is 5.98. The van der Waals surface area contributed by atoms with Crippen LogP contribution in [0.2, 0.25) is 0 Å². The first kappa shape index (κ1) is 20.8. The van der Waals surface area contributed by atoms with Crippen molar-refractivity contribution in [3.8, 4) is 17.1 Å². The Bertz CT molecular complexity index is 1330. The lowest BCUT2D eigenvalue weighted by atomic mass is 10.1. The second-order valence-corrected chi connectivity index (χ2v) is 6.87. The summed E-state index contributed by atoms with van der Waals surface area (Å²) in [5.74, 6) is 0.610. The lowest BCUT2D eigenvalue weighted by Crippen LogP contribution is -2.38. The molecular formula is C22H20N6O4. The van der Waals surface area contributed by atoms with E-state index in [0.29, 0.717) is 22.6 Å². The second-order valence-electron chi connectivity index (χ2n) is 6.87. The van der Waals surface area contributed by atoms with E-state index in [4.69, 9.17) is 4.74 Å². The maximum atomic E-state index is 12.5. The van der Waals surface area contributed by atoms with Crippen molar-refractivity contribution in [1.29, 1.82) is 0 Å². The number of benzene rings is 2. The number of nitrogens with zero attached hydrogens (tertiary/aromatic N) is 2. The van der Waals surface area contributed by atoms with Gasteiger partial charge in [-0.15, -0.1) is 0 Å². The fourth-order valence-corrected chi connectivity index (χ4v) is 3.08. The van der Waals surface area contributed by atoms with E-state index in [1.807, 2.05) is 12.1 Å². The van der Waals surface area contributed by atoms with E-state index in [9.17, 15) is 14.4 Å². The first-order valence-electron chi connectivity index (χ1n) is 9.76. The van der Waals surface area contributed by atoms with Gasteiger partial charge in [-0.3, -0.25) is 19.5 Å². The minimum Gasteiger partial charge on any atom is -0.497 e. The van der Waals surface area contributed by atoms with Crippen molar-refractivity contribution in [1.82, 2.24) is 30.8 Å². The number of methoxy groups -OCH3 is 1. The van der Waals surface area contributed by atoms with Gasteiger partial charge in [-0.2, -0.15) is 5.10 Å². The largest absolute Gasteiger partial charge is 0.497 e. The molecule has 0 saturated carbocycles. The molecule has 2 amide bonds. The Kier molecular flexibility index (Phi) is 5.93. The van der Waals surface area contributed by atoms with Crippen molar-refractivity contribution in [2.75, 3.05) is 13.7 Å². The number of para-hydroxylation sites is 1. The number of rotatable bonds is 7. The zero-order chi connectivity index (χ0) is 22.5. The lowest BCUT2D eigenvalue weighted by molar-refractivity contribution is -0.120. The quantitative estimate of drug-likeness (QED) is 0.347. The number of fused-ring (bicyclic) bond motifs is 1. The number of pyridine rings is 1. The van der Waals surface area contributed by atoms with E-state index in [0.717, 1.165) is 11.3 Å². The molecule has 4 N–H and O–H groups in total. The first-order chi connectivity index (χ1) is 15.5. The number of nitrogens with one attached hydrogen (secondary N) is 4. The summed E-state index contributed by atoms with van der Waals surface area (Å²) in [4.78, 5) is 44.2. The fraction of sp³-hybridized carbons (Fsp3) is 0.136. The van der Waals surface area contributed by atoms with Crippen molar-refractivity contribution in [2.24, 2.45) is 0 Å². The maximum Gasteiger partial charge on any atom is 0.257 e. The van der Waals surface area contributed by atoms with Crippen LogP contribution in [0.4, 0.5) is 0 Å². The molecular weight excluding hydrogens is 412 g/mol. The molecule has 10 heteroatoms. The zero-order valence-electron chi connectivity index (χ0n) is 17.1. The molecule has 2 aromatic heterocycles. The van der Waals surface area contributed by atoms with E-state index in [1.54, 1.807) is 43.5 Å². The van der Waals surface area contributed by atoms with Crippen LogP contribution in [-0.4, -0.2) is 45.6 Å². The molecule has 32 heavy (non-hydrogen) atoms. The predicted molar refractivity (Wildman–Crippen MR) is 117 cm³/mol. The molecule has 0 unspecified atom stereocenters. The smallest absolute Gasteiger partial charge is 0.257 e. The third kappa shape index (κ3) is 4.48. The summed E-state index contributed by atoms with van der Waals surface area (Å²) in [7, 11) is 1.59. The molecule has 0 radical (unpaired) electrons. The van der Waals surface area contributed by atoms with Crippen LogP contribution in [0.1, 0.15) is 16.2 Å². The number of H-pyrrole nitrogens is 2. The highest BCUT2D eigenvalue weighted by Gasteiger charge is 2.14. The van der Waals surface area contributed by atoms with E-state index in [-0.39, 0.29) is 18.7 Å². The molecule has 0 spiro atoms. The first-order valence-corrected chi connectivity index (χ1v) is 9.76. The van der Waals surface area contributed by atoms with Gasteiger partial charge in [-0.25, -0.2) is 4.98 Å². The number of carbonyl (C=O) groups excluding carboxylic acids is 2. The van der Waals surface area contributed by atoms with Crippen LogP contribution in [0.3, 0.4) is 0 Å². The van der Waals surface area contributed by atoms with Gasteiger partial charge in [0, 0.05) is 22.7 Å². The Balaban J connectivity index is 1.31. The molecule has 4 aromatic rings. The predicted octanol–water partition coefficient (Wildman–Crippen LogP) is 1.37. The summed E-state index contributed by atoms with van der Waals surface area (Å²) < 4.78 is 5.12. The number of ether oxygens (including phenoxy) is 1. The summed E-state index contributed by atoms with van der Waals surface area (Å²) in [6.07, 6.45) is 1.34. The molecule has 10 nitrogen and oxygen atoms in total. The van der Waals surface area contributed by atoms with Gasteiger partial charge in [0.15, 0.2) is 5.82 Å². The van der Waals surface area contributed by atoms with Crippen LogP contribution < -0.4 is 20.8 Å². The highest BCUT2D eigenvalue weighted by atomic mass is 16.5. The monoisotopic (exact) mass is 432 g/mol. The van der Waals surface area contributed by atoms with Gasteiger partial charge in [0.25, 0.3) is 5.91 Å². The number of hydrogen-bond donors (Lipinski definition) is 4. The fourth-order valence-electron chi connectivity index (χ4n) is 3.08. The molecule has 0 aliphatic rings. The maximum absolute atomic E-state index is 12.5. The van der Waals surface area contributed by atoms with Crippen LogP contribution in [0.5, 0.6) is 5.75 Å². The normalized spacial score (nSPS) is 10.7. The molecule has 0 aliphatic heterocycles. The van der Waals surface area contributed by atoms with Crippen molar-refractivity contribution in [3.05, 3.63) is 76.3 Å². The Hall–Kier alpha value is -4.47. The molecule has 0 saturated heterocycles. The molecule has 4 rings (SSSR count). The SMILES string of the molecule is COc1ccc(-c2n[nH]c(CNC(=O)CNC(=O)c3c[nH]c4ccccc4c3=O)n2)cc1.